The Morgan fingerprint density at radius 1 is 0.897 bits per heavy atom. The zero-order valence-electron chi connectivity index (χ0n) is 16.0. The minimum atomic E-state index is -1.02. The van der Waals surface area contributed by atoms with Gasteiger partial charge in [-0.05, 0) is 54.1 Å². The number of hydrogen-bond acceptors (Lipinski definition) is 4. The van der Waals surface area contributed by atoms with Gasteiger partial charge in [-0.1, -0.05) is 31.2 Å². The summed E-state index contributed by atoms with van der Waals surface area (Å²) >= 11 is 0. The van der Waals surface area contributed by atoms with E-state index >= 15 is 0 Å². The zero-order chi connectivity index (χ0) is 21.0. The number of likely N-dealkylation sites (N-methyl/N-ethyl adjacent to an activating group) is 1. The highest BCUT2D eigenvalue weighted by Gasteiger charge is 2.25. The van der Waals surface area contributed by atoms with E-state index in [0.29, 0.717) is 35.4 Å². The summed E-state index contributed by atoms with van der Waals surface area (Å²) in [4.78, 5) is 37.5. The Bertz CT molecular complexity index is 956. The summed E-state index contributed by atoms with van der Waals surface area (Å²) in [6.45, 7) is 3.69. The monoisotopic (exact) mass is 391 g/mol. The number of Topliss-reactive ketones (excluding diaryl/α,β-unsaturated/α-hetero) is 1. The van der Waals surface area contributed by atoms with Gasteiger partial charge in [0.1, 0.15) is 0 Å². The zero-order valence-corrected chi connectivity index (χ0v) is 16.0. The molecular weight excluding hydrogens is 370 g/mol. The van der Waals surface area contributed by atoms with Gasteiger partial charge in [0.2, 0.25) is 0 Å². The molecule has 0 aromatic heterocycles. The van der Waals surface area contributed by atoms with Gasteiger partial charge >= 0.3 is 11.9 Å². The van der Waals surface area contributed by atoms with Crippen molar-refractivity contribution < 1.29 is 24.6 Å². The Balaban J connectivity index is 1.97. The Morgan fingerprint density at radius 2 is 1.34 bits per heavy atom. The molecule has 0 bridgehead atoms. The number of carbonyl (C=O) groups is 3. The van der Waals surface area contributed by atoms with E-state index in [1.165, 1.54) is 24.3 Å². The molecule has 3 rings (SSSR count). The predicted molar refractivity (Wildman–Crippen MR) is 110 cm³/mol. The van der Waals surface area contributed by atoms with Crippen LogP contribution in [0.25, 0.3) is 12.2 Å². The lowest BCUT2D eigenvalue weighted by Gasteiger charge is -2.28. The van der Waals surface area contributed by atoms with Crippen molar-refractivity contribution in [3.63, 3.8) is 0 Å². The Labute approximate surface area is 168 Å². The smallest absolute Gasteiger partial charge is 0.335 e. The molecule has 1 aliphatic rings. The van der Waals surface area contributed by atoms with Crippen LogP contribution in [-0.4, -0.2) is 52.5 Å². The molecule has 1 fully saturated rings. The first kappa shape index (κ1) is 20.2. The maximum atomic E-state index is 13.0. The van der Waals surface area contributed by atoms with Crippen molar-refractivity contribution in [3.8, 4) is 0 Å². The number of ketones is 1. The number of piperidine rings is 1. The first-order chi connectivity index (χ1) is 13.9. The summed E-state index contributed by atoms with van der Waals surface area (Å²) in [6.07, 6.45) is 3.44. The van der Waals surface area contributed by atoms with E-state index < -0.39 is 11.9 Å². The van der Waals surface area contributed by atoms with Crippen molar-refractivity contribution in [2.24, 2.45) is 0 Å². The van der Waals surface area contributed by atoms with Crippen molar-refractivity contribution in [2.45, 2.75) is 6.92 Å². The lowest BCUT2D eigenvalue weighted by atomic mass is 9.93. The van der Waals surface area contributed by atoms with E-state index in [-0.39, 0.29) is 16.9 Å². The number of carboxylic acid groups (broad SMARTS) is 2. The highest BCUT2D eigenvalue weighted by molar-refractivity contribution is 6.14. The molecule has 2 aromatic rings. The minimum absolute atomic E-state index is 0.115. The Kier molecular flexibility index (Phi) is 6.04. The largest absolute Gasteiger partial charge is 0.478 e. The fraction of sp³-hybridized carbons (Fsp3) is 0.174. The van der Waals surface area contributed by atoms with Crippen LogP contribution in [0.5, 0.6) is 0 Å². The van der Waals surface area contributed by atoms with Crippen LogP contribution in [-0.2, 0) is 4.79 Å². The highest BCUT2D eigenvalue weighted by Crippen LogP contribution is 2.22. The standard InChI is InChI=1S/C23H21NO5/c1-2-24-13-19(11-15-5-3-7-17(9-15)22(26)27)21(25)20(14-24)12-16-6-4-8-18(10-16)23(28)29/h3-12H,2,13-14H2,1H3,(H,26,27)(H,28,29). The van der Waals surface area contributed by atoms with Gasteiger partial charge in [-0.2, -0.15) is 0 Å². The van der Waals surface area contributed by atoms with Gasteiger partial charge in [0.15, 0.2) is 5.78 Å². The first-order valence-corrected chi connectivity index (χ1v) is 9.22. The predicted octanol–water partition coefficient (Wildman–Crippen LogP) is 3.45. The fourth-order valence-electron chi connectivity index (χ4n) is 3.26. The molecular formula is C23H21NO5. The van der Waals surface area contributed by atoms with Crippen LogP contribution in [0.2, 0.25) is 0 Å². The average molecular weight is 391 g/mol. The van der Waals surface area contributed by atoms with Crippen LogP contribution in [0.15, 0.2) is 59.7 Å². The van der Waals surface area contributed by atoms with Crippen LogP contribution in [0.4, 0.5) is 0 Å². The summed E-state index contributed by atoms with van der Waals surface area (Å²) in [5, 5.41) is 18.3. The molecule has 2 aromatic carbocycles. The molecule has 1 saturated heterocycles. The van der Waals surface area contributed by atoms with Crippen LogP contribution < -0.4 is 0 Å². The summed E-state index contributed by atoms with van der Waals surface area (Å²) in [5.41, 5.74) is 2.77. The van der Waals surface area contributed by atoms with Crippen LogP contribution >= 0.6 is 0 Å². The molecule has 0 spiro atoms. The van der Waals surface area contributed by atoms with Gasteiger partial charge < -0.3 is 10.2 Å². The Morgan fingerprint density at radius 3 is 1.72 bits per heavy atom. The number of aromatic carboxylic acids is 2. The molecule has 0 aliphatic carbocycles. The van der Waals surface area contributed by atoms with E-state index in [2.05, 4.69) is 4.90 Å². The van der Waals surface area contributed by atoms with Crippen LogP contribution in [0.1, 0.15) is 38.8 Å². The normalized spacial score (nSPS) is 17.6. The first-order valence-electron chi connectivity index (χ1n) is 9.22. The number of carboxylic acids is 2. The molecule has 6 heteroatoms. The van der Waals surface area contributed by atoms with Crippen molar-refractivity contribution in [3.05, 3.63) is 81.9 Å². The van der Waals surface area contributed by atoms with E-state index in [9.17, 15) is 14.4 Å². The number of carbonyl (C=O) groups excluding carboxylic acids is 1. The molecule has 2 N–H and O–H groups in total. The van der Waals surface area contributed by atoms with Crippen molar-refractivity contribution in [1.29, 1.82) is 0 Å². The number of likely N-dealkylation sites (tertiary alicyclic amines) is 1. The summed E-state index contributed by atoms with van der Waals surface area (Å²) in [7, 11) is 0. The molecule has 1 heterocycles. The molecule has 1 aliphatic heterocycles. The van der Waals surface area contributed by atoms with Crippen molar-refractivity contribution in [1.82, 2.24) is 4.90 Å². The number of rotatable bonds is 5. The van der Waals surface area contributed by atoms with Gasteiger partial charge in [0.25, 0.3) is 0 Å². The quantitative estimate of drug-likeness (QED) is 0.758. The van der Waals surface area contributed by atoms with Crippen molar-refractivity contribution in [2.75, 3.05) is 19.6 Å². The second kappa shape index (κ2) is 8.67. The number of hydrogen-bond donors (Lipinski definition) is 2. The second-order valence-corrected chi connectivity index (χ2v) is 6.83. The fourth-order valence-corrected chi connectivity index (χ4v) is 3.26. The van der Waals surface area contributed by atoms with E-state index in [4.69, 9.17) is 10.2 Å². The number of nitrogens with zero attached hydrogens (tertiary/aromatic N) is 1. The third-order valence-corrected chi connectivity index (χ3v) is 4.77. The lowest BCUT2D eigenvalue weighted by Crippen LogP contribution is -2.37. The molecule has 0 saturated carbocycles. The van der Waals surface area contributed by atoms with Gasteiger partial charge in [-0.15, -0.1) is 0 Å². The van der Waals surface area contributed by atoms with Gasteiger partial charge in [0, 0.05) is 24.2 Å². The van der Waals surface area contributed by atoms with Crippen LogP contribution in [0.3, 0.4) is 0 Å². The molecule has 0 atom stereocenters. The molecule has 148 valence electrons. The van der Waals surface area contributed by atoms with Crippen molar-refractivity contribution >= 4 is 29.9 Å². The van der Waals surface area contributed by atoms with Gasteiger partial charge in [0.05, 0.1) is 11.1 Å². The summed E-state index contributed by atoms with van der Waals surface area (Å²) in [5.74, 6) is -2.15. The molecule has 6 nitrogen and oxygen atoms in total. The topological polar surface area (TPSA) is 94.9 Å². The van der Waals surface area contributed by atoms with E-state index in [0.717, 1.165) is 6.54 Å². The van der Waals surface area contributed by atoms with E-state index in [1.807, 2.05) is 6.92 Å². The minimum Gasteiger partial charge on any atom is -0.478 e. The molecule has 0 radical (unpaired) electrons. The van der Waals surface area contributed by atoms with Gasteiger partial charge in [-0.25, -0.2) is 9.59 Å². The third kappa shape index (κ3) is 4.86. The summed E-state index contributed by atoms with van der Waals surface area (Å²) in [6, 6.07) is 12.9. The molecule has 29 heavy (non-hydrogen) atoms. The number of benzene rings is 2. The average Bonchev–Trinajstić information content (AvgIpc) is 2.71. The SMILES string of the molecule is CCN1CC(=Cc2cccc(C(=O)O)c2)C(=O)C(=Cc2cccc(C(=O)O)c2)C1. The molecule has 0 amide bonds. The van der Waals surface area contributed by atoms with Gasteiger partial charge in [-0.3, -0.25) is 9.69 Å². The van der Waals surface area contributed by atoms with Crippen LogP contribution in [0, 0.1) is 0 Å². The lowest BCUT2D eigenvalue weighted by molar-refractivity contribution is -0.113. The Hall–Kier alpha value is -3.51. The molecule has 0 unspecified atom stereocenters. The van der Waals surface area contributed by atoms with E-state index in [1.54, 1.807) is 36.4 Å². The maximum Gasteiger partial charge on any atom is 0.335 e. The highest BCUT2D eigenvalue weighted by atomic mass is 16.4. The second-order valence-electron chi connectivity index (χ2n) is 6.83. The maximum absolute atomic E-state index is 13.0. The summed E-state index contributed by atoms with van der Waals surface area (Å²) < 4.78 is 0. The third-order valence-electron chi connectivity index (χ3n) is 4.77.